The second kappa shape index (κ2) is 7.60. The second-order valence-corrected chi connectivity index (χ2v) is 3.82. The lowest BCUT2D eigenvalue weighted by molar-refractivity contribution is -0.107. The monoisotopic (exact) mass is 236 g/mol. The Bertz CT molecular complexity index is 352. The van der Waals surface area contributed by atoms with Crippen molar-refractivity contribution < 1.29 is 14.3 Å². The summed E-state index contributed by atoms with van der Waals surface area (Å²) in [4.78, 5) is 21.7. The van der Waals surface area contributed by atoms with Crippen LogP contribution in [0.3, 0.4) is 0 Å². The van der Waals surface area contributed by atoms with Gasteiger partial charge in [-0.2, -0.15) is 0 Å². The summed E-state index contributed by atoms with van der Waals surface area (Å²) >= 11 is 0. The Morgan fingerprint density at radius 1 is 1.29 bits per heavy atom. The van der Waals surface area contributed by atoms with E-state index in [-0.39, 0.29) is 32.2 Å². The Morgan fingerprint density at radius 2 is 1.88 bits per heavy atom. The van der Waals surface area contributed by atoms with E-state index in [0.717, 1.165) is 12.0 Å². The van der Waals surface area contributed by atoms with Crippen molar-refractivity contribution in [2.24, 2.45) is 0 Å². The van der Waals surface area contributed by atoms with E-state index in [1.54, 1.807) is 24.3 Å². The van der Waals surface area contributed by atoms with Crippen molar-refractivity contribution in [2.45, 2.75) is 40.2 Å². The van der Waals surface area contributed by atoms with E-state index in [4.69, 9.17) is 4.74 Å². The Kier molecular flexibility index (Phi) is 6.87. The number of carbonyl (C=O) groups is 2. The van der Waals surface area contributed by atoms with E-state index >= 15 is 0 Å². The molecule has 3 heteroatoms. The lowest BCUT2D eigenvalue weighted by Crippen LogP contribution is -2.06. The molecule has 0 aliphatic heterocycles. The number of carbonyl (C=O) groups excluding carboxylic acids is 2. The summed E-state index contributed by atoms with van der Waals surface area (Å²) in [6.07, 6.45) is 1.43. The van der Waals surface area contributed by atoms with Crippen LogP contribution < -0.4 is 4.74 Å². The molecule has 17 heavy (non-hydrogen) atoms. The smallest absolute Gasteiger partial charge is 0.163 e. The molecule has 0 heterocycles. The number of hydrogen-bond donors (Lipinski definition) is 0. The molecule has 0 fully saturated rings. The van der Waals surface area contributed by atoms with Gasteiger partial charge in [0, 0.05) is 18.4 Å². The van der Waals surface area contributed by atoms with E-state index in [2.05, 4.69) is 0 Å². The third-order valence-electron chi connectivity index (χ3n) is 2.04. The first-order valence-corrected chi connectivity index (χ1v) is 5.37. The Morgan fingerprint density at radius 3 is 2.35 bits per heavy atom. The molecule has 0 amide bonds. The first-order valence-electron chi connectivity index (χ1n) is 5.37. The van der Waals surface area contributed by atoms with Gasteiger partial charge in [-0.3, -0.25) is 4.79 Å². The van der Waals surface area contributed by atoms with Crippen molar-refractivity contribution >= 4 is 12.1 Å². The highest BCUT2D eigenvalue weighted by Gasteiger charge is 2.05. The third-order valence-corrected chi connectivity index (χ3v) is 2.04. The first-order chi connectivity index (χ1) is 7.63. The SMILES string of the molecule is C.CC(C)Oc1ccc(C(=O)CCC=O)cc1. The number of Topliss-reactive ketones (excluding diaryl/α,β-unsaturated/α-hetero) is 1. The number of ketones is 1. The normalized spacial score (nSPS) is 9.59. The van der Waals surface area contributed by atoms with Gasteiger partial charge in [-0.25, -0.2) is 0 Å². The van der Waals surface area contributed by atoms with Crippen molar-refractivity contribution in [3.8, 4) is 5.75 Å². The quantitative estimate of drug-likeness (QED) is 0.562. The maximum absolute atomic E-state index is 11.5. The van der Waals surface area contributed by atoms with E-state index in [1.165, 1.54) is 0 Å². The fourth-order valence-electron chi connectivity index (χ4n) is 1.33. The number of aldehydes is 1. The van der Waals surface area contributed by atoms with Crippen LogP contribution in [0.25, 0.3) is 0 Å². The molecule has 1 aromatic carbocycles. The molecule has 0 radical (unpaired) electrons. The van der Waals surface area contributed by atoms with Crippen LogP contribution in [0.4, 0.5) is 0 Å². The summed E-state index contributed by atoms with van der Waals surface area (Å²) in [5, 5.41) is 0. The molecule has 0 atom stereocenters. The zero-order chi connectivity index (χ0) is 12.0. The van der Waals surface area contributed by atoms with Crippen molar-refractivity contribution in [1.82, 2.24) is 0 Å². The lowest BCUT2D eigenvalue weighted by atomic mass is 10.1. The zero-order valence-corrected chi connectivity index (χ0v) is 9.60. The predicted octanol–water partition coefficient (Wildman–Crippen LogP) is 3.27. The van der Waals surface area contributed by atoms with Gasteiger partial charge in [0.05, 0.1) is 6.10 Å². The van der Waals surface area contributed by atoms with Crippen molar-refractivity contribution in [3.63, 3.8) is 0 Å². The van der Waals surface area contributed by atoms with Crippen molar-refractivity contribution in [1.29, 1.82) is 0 Å². The highest BCUT2D eigenvalue weighted by atomic mass is 16.5. The number of rotatable bonds is 6. The molecule has 0 aliphatic carbocycles. The van der Waals surface area contributed by atoms with Crippen molar-refractivity contribution in [3.05, 3.63) is 29.8 Å². The molecule has 1 rings (SSSR count). The zero-order valence-electron chi connectivity index (χ0n) is 9.60. The summed E-state index contributed by atoms with van der Waals surface area (Å²) in [6, 6.07) is 7.00. The molecular formula is C14H20O3. The van der Waals surface area contributed by atoms with Gasteiger partial charge in [0.15, 0.2) is 5.78 Å². The number of hydrogen-bond acceptors (Lipinski definition) is 3. The summed E-state index contributed by atoms with van der Waals surface area (Å²) in [7, 11) is 0. The molecule has 94 valence electrons. The van der Waals surface area contributed by atoms with E-state index in [1.807, 2.05) is 13.8 Å². The number of ether oxygens (including phenoxy) is 1. The van der Waals surface area contributed by atoms with Gasteiger partial charge in [-0.15, -0.1) is 0 Å². The molecule has 1 aromatic rings. The van der Waals surface area contributed by atoms with Gasteiger partial charge >= 0.3 is 0 Å². The van der Waals surface area contributed by atoms with E-state index in [0.29, 0.717) is 5.56 Å². The maximum Gasteiger partial charge on any atom is 0.163 e. The standard InChI is InChI=1S/C13H16O3.CH4/c1-10(2)16-12-7-5-11(6-8-12)13(15)4-3-9-14;/h5-10H,3-4H2,1-2H3;1H4. The first kappa shape index (κ1) is 15.4. The summed E-state index contributed by atoms with van der Waals surface area (Å²) in [5.41, 5.74) is 0.623. The molecular weight excluding hydrogens is 216 g/mol. The highest BCUT2D eigenvalue weighted by Crippen LogP contribution is 2.15. The Labute approximate surface area is 103 Å². The Hall–Kier alpha value is -1.64. The fourth-order valence-corrected chi connectivity index (χ4v) is 1.33. The van der Waals surface area contributed by atoms with Crippen LogP contribution in [0, 0.1) is 0 Å². The summed E-state index contributed by atoms with van der Waals surface area (Å²) in [6.45, 7) is 3.90. The van der Waals surface area contributed by atoms with Gasteiger partial charge in [0.2, 0.25) is 0 Å². The van der Waals surface area contributed by atoms with Crippen LogP contribution in [0.2, 0.25) is 0 Å². The topological polar surface area (TPSA) is 43.4 Å². The molecule has 0 N–H and O–H groups in total. The fraction of sp³-hybridized carbons (Fsp3) is 0.429. The van der Waals surface area contributed by atoms with Crippen LogP contribution in [0.15, 0.2) is 24.3 Å². The molecule has 0 saturated heterocycles. The van der Waals surface area contributed by atoms with Gasteiger partial charge in [-0.1, -0.05) is 7.43 Å². The molecule has 0 aliphatic rings. The van der Waals surface area contributed by atoms with E-state index in [9.17, 15) is 9.59 Å². The van der Waals surface area contributed by atoms with E-state index < -0.39 is 0 Å². The van der Waals surface area contributed by atoms with Crippen LogP contribution in [-0.4, -0.2) is 18.2 Å². The summed E-state index contributed by atoms with van der Waals surface area (Å²) < 4.78 is 5.46. The minimum atomic E-state index is -0.0109. The lowest BCUT2D eigenvalue weighted by Gasteiger charge is -2.09. The maximum atomic E-state index is 11.5. The molecule has 0 unspecified atom stereocenters. The minimum Gasteiger partial charge on any atom is -0.491 e. The van der Waals surface area contributed by atoms with Crippen LogP contribution >= 0.6 is 0 Å². The Balaban J connectivity index is 0.00000256. The molecule has 3 nitrogen and oxygen atoms in total. The second-order valence-electron chi connectivity index (χ2n) is 3.82. The minimum absolute atomic E-state index is 0. The van der Waals surface area contributed by atoms with Crippen LogP contribution in [-0.2, 0) is 4.79 Å². The van der Waals surface area contributed by atoms with Gasteiger partial charge < -0.3 is 9.53 Å². The molecule has 0 bridgehead atoms. The summed E-state index contributed by atoms with van der Waals surface area (Å²) in [5.74, 6) is 0.741. The number of benzene rings is 1. The average Bonchev–Trinajstić information content (AvgIpc) is 2.26. The third kappa shape index (κ3) is 5.29. The molecule has 0 spiro atoms. The molecule has 0 aromatic heterocycles. The van der Waals surface area contributed by atoms with Crippen molar-refractivity contribution in [2.75, 3.05) is 0 Å². The predicted molar refractivity (Wildman–Crippen MR) is 68.6 cm³/mol. The van der Waals surface area contributed by atoms with Crippen LogP contribution in [0.5, 0.6) is 5.75 Å². The highest BCUT2D eigenvalue weighted by molar-refractivity contribution is 5.96. The molecule has 0 saturated carbocycles. The largest absolute Gasteiger partial charge is 0.491 e. The van der Waals surface area contributed by atoms with Gasteiger partial charge in [-0.05, 0) is 38.1 Å². The van der Waals surface area contributed by atoms with Crippen LogP contribution in [0.1, 0.15) is 44.5 Å². The average molecular weight is 236 g/mol. The van der Waals surface area contributed by atoms with Gasteiger partial charge in [0.25, 0.3) is 0 Å². The van der Waals surface area contributed by atoms with Gasteiger partial charge in [0.1, 0.15) is 12.0 Å².